The zero-order valence-corrected chi connectivity index (χ0v) is 11.0. The first-order valence-electron chi connectivity index (χ1n) is 6.18. The quantitative estimate of drug-likeness (QED) is 0.854. The molecule has 2 heterocycles. The smallest absolute Gasteiger partial charge is 0.109 e. The lowest BCUT2D eigenvalue weighted by atomic mass is 10.2. The molecule has 0 radical (unpaired) electrons. The van der Waals surface area contributed by atoms with Gasteiger partial charge < -0.3 is 5.32 Å². The van der Waals surface area contributed by atoms with E-state index in [1.54, 1.807) is 11.3 Å². The van der Waals surface area contributed by atoms with Crippen LogP contribution in [-0.2, 0) is 0 Å². The summed E-state index contributed by atoms with van der Waals surface area (Å²) < 4.78 is 0. The van der Waals surface area contributed by atoms with Crippen LogP contribution in [0.5, 0.6) is 0 Å². The van der Waals surface area contributed by atoms with Gasteiger partial charge >= 0.3 is 0 Å². The largest absolute Gasteiger partial charge is 0.313 e. The van der Waals surface area contributed by atoms with Gasteiger partial charge in [-0.3, -0.25) is 4.90 Å². The van der Waals surface area contributed by atoms with Crippen LogP contribution >= 0.6 is 11.3 Å². The molecule has 0 bridgehead atoms. The normalized spacial score (nSPS) is 22.8. The third kappa shape index (κ3) is 2.81. The molecule has 3 nitrogen and oxygen atoms in total. The van der Waals surface area contributed by atoms with Crippen molar-refractivity contribution in [3.05, 3.63) is 16.6 Å². The van der Waals surface area contributed by atoms with Gasteiger partial charge in [0.05, 0.1) is 6.04 Å². The fourth-order valence-electron chi connectivity index (χ4n) is 2.35. The number of hydrogen-bond acceptors (Lipinski definition) is 4. The molecule has 16 heavy (non-hydrogen) atoms. The summed E-state index contributed by atoms with van der Waals surface area (Å²) in [7, 11) is 0. The van der Waals surface area contributed by atoms with Gasteiger partial charge in [0.2, 0.25) is 0 Å². The average molecular weight is 239 g/mol. The Bertz CT molecular complexity index is 293. The SMILES string of the molecule is CCN(CC1CCCN1)C(C)c1nccs1. The number of hydrogen-bond donors (Lipinski definition) is 1. The van der Waals surface area contributed by atoms with Crippen LogP contribution in [0.4, 0.5) is 0 Å². The second kappa shape index (κ2) is 5.75. The number of likely N-dealkylation sites (N-methyl/N-ethyl adjacent to an activating group) is 1. The lowest BCUT2D eigenvalue weighted by Crippen LogP contribution is -2.38. The highest BCUT2D eigenvalue weighted by molar-refractivity contribution is 7.09. The standard InChI is InChI=1S/C12H21N3S/c1-3-15(9-11-5-4-6-13-11)10(2)12-14-7-8-16-12/h7-8,10-11,13H,3-6,9H2,1-2H3. The highest BCUT2D eigenvalue weighted by Crippen LogP contribution is 2.22. The van der Waals surface area contributed by atoms with Crippen molar-refractivity contribution in [1.82, 2.24) is 15.2 Å². The van der Waals surface area contributed by atoms with Crippen molar-refractivity contribution in [1.29, 1.82) is 0 Å². The molecule has 0 aliphatic carbocycles. The van der Waals surface area contributed by atoms with Crippen molar-refractivity contribution in [2.75, 3.05) is 19.6 Å². The molecule has 1 aliphatic heterocycles. The van der Waals surface area contributed by atoms with Crippen LogP contribution in [0.25, 0.3) is 0 Å². The van der Waals surface area contributed by atoms with E-state index in [0.29, 0.717) is 12.1 Å². The molecule has 1 aromatic heterocycles. The van der Waals surface area contributed by atoms with Crippen molar-refractivity contribution in [3.8, 4) is 0 Å². The third-order valence-electron chi connectivity index (χ3n) is 3.38. The maximum Gasteiger partial charge on any atom is 0.109 e. The molecule has 1 fully saturated rings. The maximum atomic E-state index is 4.42. The van der Waals surface area contributed by atoms with E-state index in [0.717, 1.165) is 13.1 Å². The first kappa shape index (κ1) is 12.0. The molecule has 2 unspecified atom stereocenters. The van der Waals surface area contributed by atoms with Gasteiger partial charge in [-0.2, -0.15) is 0 Å². The topological polar surface area (TPSA) is 28.2 Å². The number of nitrogens with zero attached hydrogens (tertiary/aromatic N) is 2. The molecule has 90 valence electrons. The fraction of sp³-hybridized carbons (Fsp3) is 0.750. The van der Waals surface area contributed by atoms with Crippen molar-refractivity contribution >= 4 is 11.3 Å². The summed E-state index contributed by atoms with van der Waals surface area (Å²) in [5.74, 6) is 0. The molecule has 2 atom stereocenters. The van der Waals surface area contributed by atoms with E-state index in [1.165, 1.54) is 24.4 Å². The van der Waals surface area contributed by atoms with Crippen LogP contribution in [0.1, 0.15) is 37.7 Å². The number of rotatable bonds is 5. The van der Waals surface area contributed by atoms with E-state index in [4.69, 9.17) is 0 Å². The minimum Gasteiger partial charge on any atom is -0.313 e. The van der Waals surface area contributed by atoms with Crippen LogP contribution in [0, 0.1) is 0 Å². The highest BCUT2D eigenvalue weighted by atomic mass is 32.1. The second-order valence-corrected chi connectivity index (χ2v) is 5.35. The molecule has 0 aromatic carbocycles. The van der Waals surface area contributed by atoms with Crippen LogP contribution in [0.2, 0.25) is 0 Å². The van der Waals surface area contributed by atoms with Gasteiger partial charge in [0.1, 0.15) is 5.01 Å². The summed E-state index contributed by atoms with van der Waals surface area (Å²) in [5.41, 5.74) is 0. The Morgan fingerprint density at radius 3 is 3.12 bits per heavy atom. The zero-order valence-electron chi connectivity index (χ0n) is 10.1. The van der Waals surface area contributed by atoms with Gasteiger partial charge in [-0.15, -0.1) is 11.3 Å². The Balaban J connectivity index is 1.93. The van der Waals surface area contributed by atoms with E-state index in [9.17, 15) is 0 Å². The van der Waals surface area contributed by atoms with Crippen molar-refractivity contribution in [2.24, 2.45) is 0 Å². The van der Waals surface area contributed by atoms with E-state index < -0.39 is 0 Å². The molecule has 0 amide bonds. The number of nitrogens with one attached hydrogen (secondary N) is 1. The van der Waals surface area contributed by atoms with E-state index >= 15 is 0 Å². The highest BCUT2D eigenvalue weighted by Gasteiger charge is 2.22. The molecule has 1 saturated heterocycles. The number of aromatic nitrogens is 1. The second-order valence-electron chi connectivity index (χ2n) is 4.43. The molecular weight excluding hydrogens is 218 g/mol. The van der Waals surface area contributed by atoms with E-state index in [2.05, 4.69) is 34.4 Å². The summed E-state index contributed by atoms with van der Waals surface area (Å²) in [4.78, 5) is 6.93. The number of thiazole rings is 1. The third-order valence-corrected chi connectivity index (χ3v) is 4.33. The molecule has 2 rings (SSSR count). The van der Waals surface area contributed by atoms with Crippen LogP contribution in [-0.4, -0.2) is 35.6 Å². The summed E-state index contributed by atoms with van der Waals surface area (Å²) in [5, 5.41) is 6.86. The fourth-order valence-corrected chi connectivity index (χ4v) is 3.08. The van der Waals surface area contributed by atoms with Crippen LogP contribution < -0.4 is 5.32 Å². The molecule has 1 N–H and O–H groups in total. The van der Waals surface area contributed by atoms with Crippen molar-refractivity contribution in [3.63, 3.8) is 0 Å². The lowest BCUT2D eigenvalue weighted by molar-refractivity contribution is 0.202. The van der Waals surface area contributed by atoms with Crippen LogP contribution in [0.3, 0.4) is 0 Å². The maximum absolute atomic E-state index is 4.42. The predicted octanol–water partition coefficient (Wildman–Crippen LogP) is 2.28. The van der Waals surface area contributed by atoms with E-state index in [1.807, 2.05) is 6.20 Å². The Morgan fingerprint density at radius 2 is 2.56 bits per heavy atom. The van der Waals surface area contributed by atoms with Gasteiger partial charge in [0.15, 0.2) is 0 Å². The molecule has 1 aromatic rings. The molecule has 1 aliphatic rings. The minimum atomic E-state index is 0.451. The van der Waals surface area contributed by atoms with Gasteiger partial charge in [-0.25, -0.2) is 4.98 Å². The van der Waals surface area contributed by atoms with Gasteiger partial charge in [0, 0.05) is 24.2 Å². The summed E-state index contributed by atoms with van der Waals surface area (Å²) >= 11 is 1.76. The van der Waals surface area contributed by atoms with Gasteiger partial charge in [0.25, 0.3) is 0 Å². The lowest BCUT2D eigenvalue weighted by Gasteiger charge is -2.29. The summed E-state index contributed by atoms with van der Waals surface area (Å²) in [6.45, 7) is 7.93. The Morgan fingerprint density at radius 1 is 1.69 bits per heavy atom. The molecule has 4 heteroatoms. The summed E-state index contributed by atoms with van der Waals surface area (Å²) in [6.07, 6.45) is 4.55. The summed E-state index contributed by atoms with van der Waals surface area (Å²) in [6, 6.07) is 1.13. The average Bonchev–Trinajstić information content (AvgIpc) is 2.97. The monoisotopic (exact) mass is 239 g/mol. The first-order valence-corrected chi connectivity index (χ1v) is 7.06. The molecular formula is C12H21N3S. The van der Waals surface area contributed by atoms with Gasteiger partial charge in [-0.05, 0) is 32.9 Å². The first-order chi connectivity index (χ1) is 7.81. The van der Waals surface area contributed by atoms with Crippen molar-refractivity contribution < 1.29 is 0 Å². The molecule has 0 spiro atoms. The Kier molecular flexibility index (Phi) is 4.32. The predicted molar refractivity (Wildman–Crippen MR) is 68.8 cm³/mol. The van der Waals surface area contributed by atoms with Crippen LogP contribution in [0.15, 0.2) is 11.6 Å². The molecule has 0 saturated carbocycles. The zero-order chi connectivity index (χ0) is 11.4. The van der Waals surface area contributed by atoms with E-state index in [-0.39, 0.29) is 0 Å². The Hall–Kier alpha value is -0.450. The van der Waals surface area contributed by atoms with Gasteiger partial charge in [-0.1, -0.05) is 6.92 Å². The minimum absolute atomic E-state index is 0.451. The Labute approximate surface area is 102 Å². The van der Waals surface area contributed by atoms with Crippen molar-refractivity contribution in [2.45, 2.75) is 38.8 Å².